The number of carbonyl (C=O) groups excluding carboxylic acids is 1. The summed E-state index contributed by atoms with van der Waals surface area (Å²) in [5.41, 5.74) is 8.52. The Bertz CT molecular complexity index is 1010. The quantitative estimate of drug-likeness (QED) is 0.440. The van der Waals surface area contributed by atoms with E-state index in [2.05, 4.69) is 4.98 Å². The van der Waals surface area contributed by atoms with Crippen LogP contribution in [-0.2, 0) is 11.3 Å². The highest BCUT2D eigenvalue weighted by atomic mass is 32.2. The summed E-state index contributed by atoms with van der Waals surface area (Å²) in [6.45, 7) is 1.83. The van der Waals surface area contributed by atoms with Gasteiger partial charge in [0.1, 0.15) is 12.3 Å². The second-order valence-electron chi connectivity index (χ2n) is 5.55. The zero-order valence-electron chi connectivity index (χ0n) is 13.9. The molecule has 0 radical (unpaired) electrons. The molecule has 0 bridgehead atoms. The Kier molecular flexibility index (Phi) is 4.76. The molecule has 3 rings (SSSR count). The van der Waals surface area contributed by atoms with Crippen LogP contribution in [0.1, 0.15) is 21.6 Å². The van der Waals surface area contributed by atoms with Crippen molar-refractivity contribution in [2.24, 2.45) is 0 Å². The minimum atomic E-state index is -0.485. The van der Waals surface area contributed by atoms with Crippen LogP contribution in [0.5, 0.6) is 0 Å². The van der Waals surface area contributed by atoms with E-state index in [4.69, 9.17) is 10.5 Å². The third kappa shape index (κ3) is 3.66. The molecule has 0 amide bonds. The molecule has 7 heteroatoms. The molecule has 0 saturated carbocycles. The first-order chi connectivity index (χ1) is 12.0. The van der Waals surface area contributed by atoms with Crippen molar-refractivity contribution >= 4 is 29.1 Å². The van der Waals surface area contributed by atoms with E-state index in [1.54, 1.807) is 30.5 Å². The number of hydrogen-bond donors (Lipinski definition) is 1. The largest absolute Gasteiger partial charge is 0.456 e. The number of aryl methyl sites for hydroxylation is 1. The summed E-state index contributed by atoms with van der Waals surface area (Å²) in [5.74, 6) is -0.485. The number of pyridine rings is 1. The van der Waals surface area contributed by atoms with Gasteiger partial charge in [0.15, 0.2) is 0 Å². The number of thioether (sulfide) groups is 1. The van der Waals surface area contributed by atoms with Crippen molar-refractivity contribution in [2.45, 2.75) is 18.4 Å². The maximum absolute atomic E-state index is 12.2. The van der Waals surface area contributed by atoms with E-state index in [9.17, 15) is 9.59 Å². The third-order valence-corrected chi connectivity index (χ3v) is 4.47. The number of fused-ring (bicyclic) bond motifs is 1. The lowest BCUT2D eigenvalue weighted by Gasteiger charge is -2.08. The molecule has 6 nitrogen and oxygen atoms in total. The summed E-state index contributed by atoms with van der Waals surface area (Å²) >= 11 is 1.46. The zero-order valence-corrected chi connectivity index (χ0v) is 14.7. The van der Waals surface area contributed by atoms with Gasteiger partial charge in [-0.15, -0.1) is 11.8 Å². The smallest absolute Gasteiger partial charge is 0.338 e. The number of hydrogen-bond acceptors (Lipinski definition) is 6. The van der Waals surface area contributed by atoms with Crippen LogP contribution in [0.15, 0.2) is 52.3 Å². The van der Waals surface area contributed by atoms with Gasteiger partial charge in [0, 0.05) is 22.8 Å². The number of carbonyl (C=O) groups is 1. The number of benzene rings is 1. The van der Waals surface area contributed by atoms with Gasteiger partial charge < -0.3 is 10.5 Å². The number of anilines is 1. The van der Waals surface area contributed by atoms with Gasteiger partial charge in [-0.25, -0.2) is 9.78 Å². The van der Waals surface area contributed by atoms with Gasteiger partial charge in [-0.05, 0) is 43.0 Å². The molecule has 2 N–H and O–H groups in total. The SMILES string of the molecule is CSc1cc(C(=O)OCc2cc(=O)n3cc(C)ccc3n2)ccc1N. The molecular formula is C18H17N3O3S. The van der Waals surface area contributed by atoms with Gasteiger partial charge in [0.05, 0.1) is 11.3 Å². The lowest BCUT2D eigenvalue weighted by molar-refractivity contribution is 0.0467. The van der Waals surface area contributed by atoms with Crippen LogP contribution in [-0.4, -0.2) is 21.6 Å². The highest BCUT2D eigenvalue weighted by Crippen LogP contribution is 2.24. The van der Waals surface area contributed by atoms with E-state index >= 15 is 0 Å². The second kappa shape index (κ2) is 6.98. The third-order valence-electron chi connectivity index (χ3n) is 3.68. The summed E-state index contributed by atoms with van der Waals surface area (Å²) < 4.78 is 6.75. The molecule has 0 unspecified atom stereocenters. The fraction of sp³-hybridized carbons (Fsp3) is 0.167. The summed E-state index contributed by atoms with van der Waals surface area (Å²) in [4.78, 5) is 29.5. The minimum absolute atomic E-state index is 0.0720. The average molecular weight is 355 g/mol. The van der Waals surface area contributed by atoms with E-state index in [1.807, 2.05) is 19.2 Å². The predicted molar refractivity (Wildman–Crippen MR) is 98.0 cm³/mol. The summed E-state index contributed by atoms with van der Waals surface area (Å²) in [6.07, 6.45) is 3.60. The second-order valence-corrected chi connectivity index (χ2v) is 6.40. The van der Waals surface area contributed by atoms with Crippen molar-refractivity contribution in [2.75, 3.05) is 12.0 Å². The van der Waals surface area contributed by atoms with Crippen molar-refractivity contribution in [3.8, 4) is 0 Å². The van der Waals surface area contributed by atoms with Crippen LogP contribution in [0.2, 0.25) is 0 Å². The lowest BCUT2D eigenvalue weighted by atomic mass is 10.2. The molecule has 0 aliphatic carbocycles. The van der Waals surface area contributed by atoms with Gasteiger partial charge in [0.25, 0.3) is 5.56 Å². The van der Waals surface area contributed by atoms with Crippen LogP contribution in [0, 0.1) is 6.92 Å². The Morgan fingerprint density at radius 2 is 2.08 bits per heavy atom. The van der Waals surface area contributed by atoms with Crippen molar-refractivity contribution < 1.29 is 9.53 Å². The molecule has 2 aromatic heterocycles. The van der Waals surface area contributed by atoms with Crippen LogP contribution in [0.3, 0.4) is 0 Å². The summed E-state index contributed by atoms with van der Waals surface area (Å²) in [5, 5.41) is 0. The first-order valence-corrected chi connectivity index (χ1v) is 8.80. The molecule has 128 valence electrons. The topological polar surface area (TPSA) is 86.7 Å². The monoisotopic (exact) mass is 355 g/mol. The van der Waals surface area contributed by atoms with Crippen molar-refractivity contribution in [3.63, 3.8) is 0 Å². The van der Waals surface area contributed by atoms with Crippen molar-refractivity contribution in [1.82, 2.24) is 9.38 Å². The predicted octanol–water partition coefficient (Wildman–Crippen LogP) is 2.66. The average Bonchev–Trinajstić information content (AvgIpc) is 2.60. The molecule has 3 aromatic rings. The highest BCUT2D eigenvalue weighted by Gasteiger charge is 2.11. The summed E-state index contributed by atoms with van der Waals surface area (Å²) in [7, 11) is 0. The van der Waals surface area contributed by atoms with E-state index in [-0.39, 0.29) is 12.2 Å². The van der Waals surface area contributed by atoms with Gasteiger partial charge in [-0.3, -0.25) is 9.20 Å². The minimum Gasteiger partial charge on any atom is -0.456 e. The van der Waals surface area contributed by atoms with E-state index in [0.29, 0.717) is 22.6 Å². The van der Waals surface area contributed by atoms with Crippen LogP contribution in [0.4, 0.5) is 5.69 Å². The molecule has 0 saturated heterocycles. The number of rotatable bonds is 4. The maximum atomic E-state index is 12.2. The number of nitrogens with zero attached hydrogens (tertiary/aromatic N) is 2. The fourth-order valence-electron chi connectivity index (χ4n) is 2.39. The van der Waals surface area contributed by atoms with Crippen LogP contribution >= 0.6 is 11.8 Å². The van der Waals surface area contributed by atoms with Gasteiger partial charge in [-0.1, -0.05) is 6.07 Å². The molecular weight excluding hydrogens is 338 g/mol. The number of nitrogens with two attached hydrogens (primary N) is 1. The van der Waals surface area contributed by atoms with Crippen LogP contribution < -0.4 is 11.3 Å². The Balaban J connectivity index is 1.79. The first kappa shape index (κ1) is 17.0. The molecule has 0 fully saturated rings. The van der Waals surface area contributed by atoms with E-state index < -0.39 is 5.97 Å². The van der Waals surface area contributed by atoms with Crippen molar-refractivity contribution in [1.29, 1.82) is 0 Å². The number of esters is 1. The van der Waals surface area contributed by atoms with E-state index in [0.717, 1.165) is 10.5 Å². The standard InChI is InChI=1S/C18H17N3O3S/c1-11-3-6-16-20-13(8-17(22)21(16)9-11)10-24-18(23)12-4-5-14(19)15(7-12)25-2/h3-9H,10,19H2,1-2H3. The number of aromatic nitrogens is 2. The molecule has 2 heterocycles. The Hall–Kier alpha value is -2.80. The van der Waals surface area contributed by atoms with E-state index in [1.165, 1.54) is 22.2 Å². The highest BCUT2D eigenvalue weighted by molar-refractivity contribution is 7.98. The molecule has 25 heavy (non-hydrogen) atoms. The Morgan fingerprint density at radius 1 is 1.28 bits per heavy atom. The number of nitrogen functional groups attached to an aromatic ring is 1. The first-order valence-electron chi connectivity index (χ1n) is 7.57. The van der Waals surface area contributed by atoms with Gasteiger partial charge >= 0.3 is 5.97 Å². The molecule has 1 aromatic carbocycles. The lowest BCUT2D eigenvalue weighted by Crippen LogP contribution is -2.17. The number of ether oxygens (including phenoxy) is 1. The zero-order chi connectivity index (χ0) is 18.0. The van der Waals surface area contributed by atoms with Crippen LogP contribution in [0.25, 0.3) is 5.65 Å². The summed E-state index contributed by atoms with van der Waals surface area (Å²) in [6, 6.07) is 9.97. The Morgan fingerprint density at radius 3 is 2.84 bits per heavy atom. The molecule has 0 spiro atoms. The van der Waals surface area contributed by atoms with Gasteiger partial charge in [0.2, 0.25) is 0 Å². The normalized spacial score (nSPS) is 10.8. The fourth-order valence-corrected chi connectivity index (χ4v) is 2.94. The Labute approximate surface area is 148 Å². The van der Waals surface area contributed by atoms with Crippen molar-refractivity contribution in [3.05, 3.63) is 69.8 Å². The molecule has 0 aliphatic heterocycles. The maximum Gasteiger partial charge on any atom is 0.338 e. The molecule has 0 aliphatic rings. The van der Waals surface area contributed by atoms with Gasteiger partial charge in [-0.2, -0.15) is 0 Å². The molecule has 0 atom stereocenters.